The molecule has 0 saturated heterocycles. The Bertz CT molecular complexity index is 1220. The molecule has 0 bridgehead atoms. The van der Waals surface area contributed by atoms with E-state index in [2.05, 4.69) is 5.16 Å². The summed E-state index contributed by atoms with van der Waals surface area (Å²) in [4.78, 5) is 14.5. The lowest BCUT2D eigenvalue weighted by Crippen LogP contribution is -2.30. The minimum atomic E-state index is -0.530. The van der Waals surface area contributed by atoms with Gasteiger partial charge in [0.25, 0.3) is 5.91 Å². The maximum absolute atomic E-state index is 14.2. The molecule has 0 aliphatic carbocycles. The molecule has 2 aliphatic heterocycles. The van der Waals surface area contributed by atoms with Gasteiger partial charge in [-0.1, -0.05) is 29.4 Å². The number of carbonyl (C=O) groups excluding carboxylic acids is 1. The minimum Gasteiger partial charge on any atom is -0.467 e. The molecule has 0 unspecified atom stereocenters. The average molecular weight is 422 g/mol. The Kier molecular flexibility index (Phi) is 4.63. The minimum absolute atomic E-state index is 0.0117. The highest BCUT2D eigenvalue weighted by atomic mass is 19.1. The van der Waals surface area contributed by atoms with E-state index < -0.39 is 11.7 Å². The molecule has 156 valence electrons. The molecule has 1 N–H and O–H groups in total. The van der Waals surface area contributed by atoms with Gasteiger partial charge in [0.2, 0.25) is 0 Å². The Morgan fingerprint density at radius 2 is 1.87 bits per heavy atom. The normalized spacial score (nSPS) is 16.3. The van der Waals surface area contributed by atoms with Gasteiger partial charge in [0.15, 0.2) is 12.5 Å². The molecule has 0 fully saturated rings. The zero-order valence-corrected chi connectivity index (χ0v) is 16.1. The number of anilines is 1. The van der Waals surface area contributed by atoms with Gasteiger partial charge in [-0.3, -0.25) is 4.79 Å². The van der Waals surface area contributed by atoms with Crippen LogP contribution in [-0.2, 0) is 22.7 Å². The molecule has 2 heterocycles. The summed E-state index contributed by atoms with van der Waals surface area (Å²) in [6, 6.07) is 13.7. The lowest BCUT2D eigenvalue weighted by atomic mass is 9.97. The smallest absolute Gasteiger partial charge is 0.281 e. The van der Waals surface area contributed by atoms with Gasteiger partial charge in [-0.15, -0.1) is 0 Å². The van der Waals surface area contributed by atoms with E-state index in [0.717, 1.165) is 0 Å². The Labute approximate surface area is 175 Å². The standard InChI is InChI=1S/C23H16F2N2O4/c24-16-6-4-13(5-7-16)18-2-1-3-19-20(18)21(26-29)23(28)27(19)10-14-8-17(25)9-15-11-30-12-31-22(14)15/h1-9,29H,10-12H2/b26-21-. The van der Waals surface area contributed by atoms with Crippen LogP contribution in [0.5, 0.6) is 5.75 Å². The number of hydrogen-bond donors (Lipinski definition) is 1. The number of nitrogens with zero attached hydrogens (tertiary/aromatic N) is 2. The van der Waals surface area contributed by atoms with Gasteiger partial charge in [-0.05, 0) is 41.5 Å². The third kappa shape index (κ3) is 3.21. The van der Waals surface area contributed by atoms with E-state index in [-0.39, 0.29) is 31.5 Å². The van der Waals surface area contributed by atoms with Crippen molar-refractivity contribution in [3.05, 3.63) is 82.9 Å². The van der Waals surface area contributed by atoms with Crippen LogP contribution >= 0.6 is 0 Å². The van der Waals surface area contributed by atoms with Crippen molar-refractivity contribution in [1.29, 1.82) is 0 Å². The van der Waals surface area contributed by atoms with Crippen molar-refractivity contribution in [3.8, 4) is 16.9 Å². The first-order valence-corrected chi connectivity index (χ1v) is 9.52. The maximum Gasteiger partial charge on any atom is 0.281 e. The second-order valence-electron chi connectivity index (χ2n) is 7.21. The molecule has 3 aromatic rings. The molecule has 5 rings (SSSR count). The van der Waals surface area contributed by atoms with Gasteiger partial charge in [0.05, 0.1) is 18.8 Å². The van der Waals surface area contributed by atoms with Crippen molar-refractivity contribution >= 4 is 17.3 Å². The summed E-state index contributed by atoms with van der Waals surface area (Å²) in [6.07, 6.45) is 0. The van der Waals surface area contributed by atoms with Crippen LogP contribution in [0, 0.1) is 11.6 Å². The fraction of sp³-hybridized carbons (Fsp3) is 0.130. The van der Waals surface area contributed by atoms with Crippen molar-refractivity contribution < 1.29 is 28.3 Å². The molecule has 0 spiro atoms. The number of ether oxygens (including phenoxy) is 2. The highest BCUT2D eigenvalue weighted by Crippen LogP contribution is 2.39. The quantitative estimate of drug-likeness (QED) is 0.507. The first-order chi connectivity index (χ1) is 15.1. The maximum atomic E-state index is 14.2. The third-order valence-corrected chi connectivity index (χ3v) is 5.35. The van der Waals surface area contributed by atoms with Gasteiger partial charge in [-0.2, -0.15) is 0 Å². The molecule has 2 aliphatic rings. The summed E-state index contributed by atoms with van der Waals surface area (Å²) < 4.78 is 38.3. The number of fused-ring (bicyclic) bond motifs is 2. The molecular formula is C23H16F2N2O4. The number of oxime groups is 1. The van der Waals surface area contributed by atoms with Crippen LogP contribution in [0.4, 0.5) is 14.5 Å². The fourth-order valence-corrected chi connectivity index (χ4v) is 4.02. The molecule has 0 saturated carbocycles. The van der Waals surface area contributed by atoms with Crippen LogP contribution in [0.1, 0.15) is 16.7 Å². The van der Waals surface area contributed by atoms with Crippen LogP contribution in [0.2, 0.25) is 0 Å². The van der Waals surface area contributed by atoms with E-state index in [9.17, 15) is 18.8 Å². The summed E-state index contributed by atoms with van der Waals surface area (Å²) in [5, 5.41) is 12.8. The van der Waals surface area contributed by atoms with Crippen molar-refractivity contribution in [3.63, 3.8) is 0 Å². The number of amides is 1. The number of carbonyl (C=O) groups is 1. The molecule has 6 nitrogen and oxygen atoms in total. The molecule has 1 amide bonds. The predicted octanol–water partition coefficient (Wildman–Crippen LogP) is 4.22. The Hall–Kier alpha value is -3.78. The highest BCUT2D eigenvalue weighted by molar-refractivity contribution is 6.55. The number of rotatable bonds is 3. The van der Waals surface area contributed by atoms with Gasteiger partial charge >= 0.3 is 0 Å². The zero-order chi connectivity index (χ0) is 21.5. The summed E-state index contributed by atoms with van der Waals surface area (Å²) in [7, 11) is 0. The predicted molar refractivity (Wildman–Crippen MR) is 108 cm³/mol. The second-order valence-corrected chi connectivity index (χ2v) is 7.21. The summed E-state index contributed by atoms with van der Waals surface area (Å²) in [5.41, 5.74) is 3.11. The van der Waals surface area contributed by atoms with E-state index in [4.69, 9.17) is 9.47 Å². The van der Waals surface area contributed by atoms with E-state index >= 15 is 0 Å². The summed E-state index contributed by atoms with van der Waals surface area (Å²) >= 11 is 0. The number of halogens is 2. The number of hydrogen-bond acceptors (Lipinski definition) is 5. The van der Waals surface area contributed by atoms with Crippen LogP contribution in [-0.4, -0.2) is 23.6 Å². The first kappa shape index (κ1) is 19.2. The summed E-state index contributed by atoms with van der Waals surface area (Å²) in [6.45, 7) is 0.259. The zero-order valence-electron chi connectivity index (χ0n) is 16.1. The Morgan fingerprint density at radius 1 is 1.06 bits per heavy atom. The molecular weight excluding hydrogens is 406 g/mol. The van der Waals surface area contributed by atoms with Crippen LogP contribution in [0.25, 0.3) is 11.1 Å². The van der Waals surface area contributed by atoms with Gasteiger partial charge in [0.1, 0.15) is 17.4 Å². The SMILES string of the molecule is O=C1/C(=N\O)c2c(-c3ccc(F)cc3)cccc2N1Cc1cc(F)cc2c1OCOC2. The van der Waals surface area contributed by atoms with E-state index in [1.54, 1.807) is 30.3 Å². The van der Waals surface area contributed by atoms with E-state index in [1.807, 2.05) is 0 Å². The second kappa shape index (κ2) is 7.48. The summed E-state index contributed by atoms with van der Waals surface area (Å²) in [5.74, 6) is -0.904. The van der Waals surface area contributed by atoms with Crippen LogP contribution in [0.15, 0.2) is 59.8 Å². The Morgan fingerprint density at radius 3 is 2.65 bits per heavy atom. The molecule has 0 atom stereocenters. The molecule has 3 aromatic carbocycles. The van der Waals surface area contributed by atoms with Gasteiger partial charge < -0.3 is 19.6 Å². The Balaban J connectivity index is 1.61. The van der Waals surface area contributed by atoms with Crippen LogP contribution < -0.4 is 9.64 Å². The van der Waals surface area contributed by atoms with Crippen molar-refractivity contribution in [2.24, 2.45) is 5.16 Å². The van der Waals surface area contributed by atoms with E-state index in [0.29, 0.717) is 39.3 Å². The van der Waals surface area contributed by atoms with Gasteiger partial charge in [-0.25, -0.2) is 8.78 Å². The van der Waals surface area contributed by atoms with Gasteiger partial charge in [0, 0.05) is 16.7 Å². The topological polar surface area (TPSA) is 71.4 Å². The molecule has 0 aromatic heterocycles. The van der Waals surface area contributed by atoms with Crippen molar-refractivity contribution in [1.82, 2.24) is 0 Å². The lowest BCUT2D eigenvalue weighted by molar-refractivity contribution is -0.112. The largest absolute Gasteiger partial charge is 0.467 e. The lowest BCUT2D eigenvalue weighted by Gasteiger charge is -2.24. The molecule has 0 radical (unpaired) electrons. The van der Waals surface area contributed by atoms with Crippen molar-refractivity contribution in [2.75, 3.05) is 11.7 Å². The number of benzene rings is 3. The monoisotopic (exact) mass is 422 g/mol. The molecule has 31 heavy (non-hydrogen) atoms. The fourth-order valence-electron chi connectivity index (χ4n) is 4.02. The first-order valence-electron chi connectivity index (χ1n) is 9.52. The molecule has 8 heteroatoms. The third-order valence-electron chi connectivity index (χ3n) is 5.35. The van der Waals surface area contributed by atoms with Crippen LogP contribution in [0.3, 0.4) is 0 Å². The average Bonchev–Trinajstić information content (AvgIpc) is 3.05. The van der Waals surface area contributed by atoms with Crippen molar-refractivity contribution in [2.45, 2.75) is 13.2 Å². The van der Waals surface area contributed by atoms with E-state index in [1.165, 1.54) is 29.2 Å². The highest BCUT2D eigenvalue weighted by Gasteiger charge is 2.37.